The first-order valence-electron chi connectivity index (χ1n) is 14.5. The van der Waals surface area contributed by atoms with E-state index in [1.165, 1.54) is 6.92 Å². The second-order valence-electron chi connectivity index (χ2n) is 10.9. The molecule has 0 spiro atoms. The Morgan fingerprint density at radius 1 is 0.881 bits per heavy atom. The maximum atomic E-state index is 14.0. The molecule has 3 heterocycles. The van der Waals surface area contributed by atoms with Crippen molar-refractivity contribution in [3.63, 3.8) is 0 Å². The van der Waals surface area contributed by atoms with E-state index in [0.717, 1.165) is 39.8 Å². The van der Waals surface area contributed by atoms with Gasteiger partial charge in [0, 0.05) is 54.5 Å². The molecule has 3 aromatic carbocycles. The molecule has 2 fully saturated rings. The Morgan fingerprint density at radius 3 is 2.36 bits per heavy atom. The molecule has 9 nitrogen and oxygen atoms in total. The molecule has 0 bridgehead atoms. The molecule has 216 valence electrons. The molecule has 4 aromatic rings. The molecule has 2 aliphatic heterocycles. The number of aromatic amines is 1. The van der Waals surface area contributed by atoms with Crippen LogP contribution < -0.4 is 10.6 Å². The van der Waals surface area contributed by atoms with Crippen molar-refractivity contribution in [1.82, 2.24) is 14.8 Å². The fourth-order valence-corrected chi connectivity index (χ4v) is 5.97. The second kappa shape index (κ2) is 12.2. The van der Waals surface area contributed by atoms with Crippen molar-refractivity contribution in [2.45, 2.75) is 31.8 Å². The highest BCUT2D eigenvalue weighted by molar-refractivity contribution is 6.00. The lowest BCUT2D eigenvalue weighted by Crippen LogP contribution is -2.50. The number of benzene rings is 3. The molecule has 0 saturated carbocycles. The number of anilines is 2. The number of amides is 3. The van der Waals surface area contributed by atoms with Crippen molar-refractivity contribution >= 4 is 40.0 Å². The van der Waals surface area contributed by atoms with Gasteiger partial charge in [-0.1, -0.05) is 42.5 Å². The quantitative estimate of drug-likeness (QED) is 0.299. The van der Waals surface area contributed by atoms with Crippen LogP contribution in [0.5, 0.6) is 0 Å². The number of rotatable bonds is 7. The summed E-state index contributed by atoms with van der Waals surface area (Å²) < 4.78 is 5.54. The van der Waals surface area contributed by atoms with E-state index in [-0.39, 0.29) is 17.7 Å². The van der Waals surface area contributed by atoms with Gasteiger partial charge in [0.2, 0.25) is 17.7 Å². The highest BCUT2D eigenvalue weighted by Gasteiger charge is 2.40. The van der Waals surface area contributed by atoms with Gasteiger partial charge >= 0.3 is 0 Å². The van der Waals surface area contributed by atoms with Gasteiger partial charge < -0.3 is 25.3 Å². The largest absolute Gasteiger partial charge is 0.379 e. The third-order valence-corrected chi connectivity index (χ3v) is 8.00. The van der Waals surface area contributed by atoms with Crippen LogP contribution in [0.25, 0.3) is 22.2 Å². The third-order valence-electron chi connectivity index (χ3n) is 8.00. The number of carbonyl (C=O) groups excluding carboxylic acids is 3. The zero-order chi connectivity index (χ0) is 29.1. The van der Waals surface area contributed by atoms with Gasteiger partial charge in [0.05, 0.1) is 13.2 Å². The summed E-state index contributed by atoms with van der Waals surface area (Å²) in [6, 6.07) is 24.3. The Hall–Kier alpha value is -4.47. The van der Waals surface area contributed by atoms with E-state index in [1.54, 1.807) is 4.90 Å². The third kappa shape index (κ3) is 5.93. The van der Waals surface area contributed by atoms with Gasteiger partial charge in [-0.25, -0.2) is 0 Å². The lowest BCUT2D eigenvalue weighted by Gasteiger charge is -2.37. The lowest BCUT2D eigenvalue weighted by atomic mass is 10.0. The summed E-state index contributed by atoms with van der Waals surface area (Å²) in [5.41, 5.74) is 5.24. The van der Waals surface area contributed by atoms with Crippen LogP contribution in [0.15, 0.2) is 78.9 Å². The van der Waals surface area contributed by atoms with Crippen LogP contribution >= 0.6 is 0 Å². The van der Waals surface area contributed by atoms with Crippen molar-refractivity contribution in [3.8, 4) is 11.3 Å². The van der Waals surface area contributed by atoms with E-state index in [4.69, 9.17) is 4.74 Å². The van der Waals surface area contributed by atoms with Gasteiger partial charge in [-0.05, 0) is 60.4 Å². The van der Waals surface area contributed by atoms with Crippen molar-refractivity contribution < 1.29 is 19.1 Å². The van der Waals surface area contributed by atoms with Crippen LogP contribution in [0.4, 0.5) is 11.4 Å². The molecule has 9 heteroatoms. The number of nitrogens with one attached hydrogen (secondary N) is 3. The van der Waals surface area contributed by atoms with Crippen molar-refractivity contribution in [2.24, 2.45) is 0 Å². The average Bonchev–Trinajstić information content (AvgIpc) is 3.66. The number of hydrogen-bond donors (Lipinski definition) is 3. The maximum absolute atomic E-state index is 14.0. The van der Waals surface area contributed by atoms with Gasteiger partial charge in [-0.3, -0.25) is 19.3 Å². The number of aromatic nitrogens is 1. The van der Waals surface area contributed by atoms with Gasteiger partial charge in [-0.15, -0.1) is 0 Å². The summed E-state index contributed by atoms with van der Waals surface area (Å²) in [7, 11) is 0. The molecule has 0 unspecified atom stereocenters. The fraction of sp³-hybridized carbons (Fsp3) is 0.303. The summed E-state index contributed by atoms with van der Waals surface area (Å²) >= 11 is 0. The Labute approximate surface area is 244 Å². The Kier molecular flexibility index (Phi) is 8.03. The number of H-pyrrole nitrogens is 1. The Morgan fingerprint density at radius 2 is 1.62 bits per heavy atom. The summed E-state index contributed by atoms with van der Waals surface area (Å²) in [6.07, 6.45) is 1.42. The topological polar surface area (TPSA) is 107 Å². The summed E-state index contributed by atoms with van der Waals surface area (Å²) in [6.45, 7) is 4.57. The van der Waals surface area contributed by atoms with Crippen LogP contribution in [0.2, 0.25) is 0 Å². The minimum Gasteiger partial charge on any atom is -0.379 e. The second-order valence-corrected chi connectivity index (χ2v) is 10.9. The number of likely N-dealkylation sites (tertiary alicyclic amines) is 1. The molecule has 2 atom stereocenters. The van der Waals surface area contributed by atoms with Crippen molar-refractivity contribution in [2.75, 3.05) is 43.5 Å². The van der Waals surface area contributed by atoms with Gasteiger partial charge in [-0.2, -0.15) is 0 Å². The molecule has 2 saturated heterocycles. The Bertz CT molecular complexity index is 1580. The maximum Gasteiger partial charge on any atom is 0.247 e. The number of carbonyl (C=O) groups is 3. The first-order chi connectivity index (χ1) is 20.5. The molecule has 0 radical (unpaired) electrons. The van der Waals surface area contributed by atoms with Crippen LogP contribution in [0, 0.1) is 0 Å². The Balaban J connectivity index is 1.18. The van der Waals surface area contributed by atoms with E-state index in [2.05, 4.69) is 20.5 Å². The standard InChI is InChI=1S/C33H35N5O4/c1-22(39)34-26-11-9-23(10-12-26)29-21-25-20-27(13-14-28(25)36-29)35-32(40)30-8-5-15-38(30)33(41)31(24-6-3-2-4-7-24)37-16-18-42-19-17-37/h2-4,6-7,9-14,20-21,30-31,36H,5,8,15-19H2,1H3,(H,34,39)(H,35,40)/t30-,31+/m0/s1. The monoisotopic (exact) mass is 565 g/mol. The lowest BCUT2D eigenvalue weighted by molar-refractivity contribution is -0.143. The molecular weight excluding hydrogens is 530 g/mol. The average molecular weight is 566 g/mol. The van der Waals surface area contributed by atoms with E-state index >= 15 is 0 Å². The molecule has 0 aliphatic carbocycles. The van der Waals surface area contributed by atoms with Crippen LogP contribution in [0.1, 0.15) is 31.4 Å². The smallest absolute Gasteiger partial charge is 0.247 e. The fourth-order valence-electron chi connectivity index (χ4n) is 5.97. The summed E-state index contributed by atoms with van der Waals surface area (Å²) in [5.74, 6) is -0.310. The molecular formula is C33H35N5O4. The van der Waals surface area contributed by atoms with Crippen LogP contribution in [-0.4, -0.2) is 71.4 Å². The normalized spacial score (nSPS) is 18.1. The van der Waals surface area contributed by atoms with Crippen LogP contribution in [0.3, 0.4) is 0 Å². The summed E-state index contributed by atoms with van der Waals surface area (Å²) in [5, 5.41) is 6.81. The molecule has 3 amide bonds. The molecule has 42 heavy (non-hydrogen) atoms. The first-order valence-corrected chi connectivity index (χ1v) is 14.5. The highest BCUT2D eigenvalue weighted by atomic mass is 16.5. The van der Waals surface area contributed by atoms with E-state index in [1.807, 2.05) is 78.9 Å². The highest BCUT2D eigenvalue weighted by Crippen LogP contribution is 2.30. The zero-order valence-corrected chi connectivity index (χ0v) is 23.6. The van der Waals surface area contributed by atoms with E-state index in [0.29, 0.717) is 45.0 Å². The minimum atomic E-state index is -0.524. The minimum absolute atomic E-state index is 0.0315. The number of nitrogens with zero attached hydrogens (tertiary/aromatic N) is 2. The zero-order valence-electron chi connectivity index (χ0n) is 23.6. The predicted octanol–water partition coefficient (Wildman–Crippen LogP) is 4.80. The van der Waals surface area contributed by atoms with Crippen molar-refractivity contribution in [1.29, 1.82) is 0 Å². The molecule has 2 aliphatic rings. The number of morpholine rings is 1. The molecule has 6 rings (SSSR count). The number of hydrogen-bond acceptors (Lipinski definition) is 5. The van der Waals surface area contributed by atoms with Gasteiger partial charge in [0.15, 0.2) is 0 Å². The SMILES string of the molecule is CC(=O)Nc1ccc(-c2cc3cc(NC(=O)[C@@H]4CCCN4C(=O)[C@@H](c4ccccc4)N4CCOCC4)ccc3[nH]2)cc1. The van der Waals surface area contributed by atoms with E-state index < -0.39 is 12.1 Å². The van der Waals surface area contributed by atoms with Crippen LogP contribution in [-0.2, 0) is 19.1 Å². The van der Waals surface area contributed by atoms with Crippen molar-refractivity contribution in [3.05, 3.63) is 84.4 Å². The predicted molar refractivity (Wildman–Crippen MR) is 163 cm³/mol. The summed E-state index contributed by atoms with van der Waals surface area (Å²) in [4.78, 5) is 46.3. The molecule has 1 aromatic heterocycles. The van der Waals surface area contributed by atoms with Gasteiger partial charge in [0.1, 0.15) is 12.1 Å². The molecule has 3 N–H and O–H groups in total. The van der Waals surface area contributed by atoms with E-state index in [9.17, 15) is 14.4 Å². The number of fused-ring (bicyclic) bond motifs is 1. The number of ether oxygens (including phenoxy) is 1. The van der Waals surface area contributed by atoms with Gasteiger partial charge in [0.25, 0.3) is 0 Å². The first kappa shape index (κ1) is 27.7.